The minimum absolute atomic E-state index is 0.164. The zero-order chi connectivity index (χ0) is 23.4. The molecule has 4 rings (SSSR count). The van der Waals surface area contributed by atoms with Crippen molar-refractivity contribution in [2.45, 2.75) is 13.5 Å². The van der Waals surface area contributed by atoms with Gasteiger partial charge in [0.05, 0.1) is 19.3 Å². The first-order valence-corrected chi connectivity index (χ1v) is 10.6. The second kappa shape index (κ2) is 9.78. The molecule has 0 unspecified atom stereocenters. The highest BCUT2D eigenvalue weighted by atomic mass is 19.1. The Morgan fingerprint density at radius 3 is 2.55 bits per heavy atom. The van der Waals surface area contributed by atoms with Crippen LogP contribution in [0.2, 0.25) is 0 Å². The third kappa shape index (κ3) is 5.17. The number of pyridine rings is 1. The van der Waals surface area contributed by atoms with Gasteiger partial charge in [0.1, 0.15) is 24.0 Å². The van der Waals surface area contributed by atoms with Gasteiger partial charge >= 0.3 is 6.01 Å². The molecule has 4 aromatic rings. The predicted molar refractivity (Wildman–Crippen MR) is 124 cm³/mol. The SMILES string of the molecule is CCOc1nc(N)c2nc(-c3cncc(F)c3)n(Cc3ccc(OCCN(C)C)cc3)c2n1. The summed E-state index contributed by atoms with van der Waals surface area (Å²) >= 11 is 0. The third-order valence-corrected chi connectivity index (χ3v) is 4.91. The summed E-state index contributed by atoms with van der Waals surface area (Å²) in [4.78, 5) is 19.3. The summed E-state index contributed by atoms with van der Waals surface area (Å²) in [6.07, 6.45) is 2.70. The molecule has 2 N–H and O–H groups in total. The molecular formula is C23H26FN7O2. The third-order valence-electron chi connectivity index (χ3n) is 4.91. The Hall–Kier alpha value is -3.79. The Kier molecular flexibility index (Phi) is 6.64. The lowest BCUT2D eigenvalue weighted by Gasteiger charge is -2.12. The van der Waals surface area contributed by atoms with Crippen molar-refractivity contribution in [3.05, 3.63) is 54.1 Å². The highest BCUT2D eigenvalue weighted by molar-refractivity contribution is 5.85. The summed E-state index contributed by atoms with van der Waals surface area (Å²) in [6, 6.07) is 9.32. The fourth-order valence-electron chi connectivity index (χ4n) is 3.32. The number of benzene rings is 1. The number of anilines is 1. The van der Waals surface area contributed by atoms with Gasteiger partial charge in [0.25, 0.3) is 0 Å². The van der Waals surface area contributed by atoms with Gasteiger partial charge in [-0.05, 0) is 44.8 Å². The van der Waals surface area contributed by atoms with Crippen molar-refractivity contribution in [3.8, 4) is 23.1 Å². The second-order valence-corrected chi connectivity index (χ2v) is 7.71. The van der Waals surface area contributed by atoms with Gasteiger partial charge in [-0.2, -0.15) is 9.97 Å². The molecule has 172 valence electrons. The molecule has 0 saturated heterocycles. The van der Waals surface area contributed by atoms with Crippen LogP contribution in [0.25, 0.3) is 22.6 Å². The van der Waals surface area contributed by atoms with Crippen molar-refractivity contribution in [1.29, 1.82) is 0 Å². The van der Waals surface area contributed by atoms with Crippen molar-refractivity contribution in [2.24, 2.45) is 0 Å². The van der Waals surface area contributed by atoms with Gasteiger partial charge < -0.3 is 24.7 Å². The molecule has 10 heteroatoms. The van der Waals surface area contributed by atoms with Crippen molar-refractivity contribution >= 4 is 17.0 Å². The standard InChI is InChI=1S/C23H26FN7O2/c1-4-32-23-28-20(25)19-22(29-23)31(21(27-19)16-11-17(24)13-26-12-16)14-15-5-7-18(8-6-15)33-10-9-30(2)3/h5-8,11-13H,4,9-10,14H2,1-3H3,(H2,25,28,29). The molecule has 9 nitrogen and oxygen atoms in total. The first kappa shape index (κ1) is 22.4. The molecule has 0 aliphatic carbocycles. The van der Waals surface area contributed by atoms with Gasteiger partial charge in [-0.1, -0.05) is 12.1 Å². The molecular weight excluding hydrogens is 425 g/mol. The molecule has 0 aliphatic rings. The monoisotopic (exact) mass is 451 g/mol. The predicted octanol–water partition coefficient (Wildman–Crippen LogP) is 3.00. The second-order valence-electron chi connectivity index (χ2n) is 7.71. The van der Waals surface area contributed by atoms with E-state index in [2.05, 4.69) is 24.8 Å². The Bertz CT molecular complexity index is 1240. The summed E-state index contributed by atoms with van der Waals surface area (Å²) in [5.41, 5.74) is 8.55. The van der Waals surface area contributed by atoms with Gasteiger partial charge in [0.2, 0.25) is 0 Å². The van der Waals surface area contributed by atoms with Crippen LogP contribution < -0.4 is 15.2 Å². The Morgan fingerprint density at radius 2 is 1.85 bits per heavy atom. The number of fused-ring (bicyclic) bond motifs is 1. The lowest BCUT2D eigenvalue weighted by molar-refractivity contribution is 0.261. The van der Waals surface area contributed by atoms with Gasteiger partial charge in [-0.3, -0.25) is 4.98 Å². The molecule has 0 fully saturated rings. The maximum absolute atomic E-state index is 13.9. The van der Waals surface area contributed by atoms with Crippen LogP contribution >= 0.6 is 0 Å². The minimum Gasteiger partial charge on any atom is -0.492 e. The molecule has 3 aromatic heterocycles. The molecule has 0 saturated carbocycles. The van der Waals surface area contributed by atoms with Crippen LogP contribution in [-0.4, -0.2) is 63.3 Å². The van der Waals surface area contributed by atoms with Crippen LogP contribution in [0.1, 0.15) is 12.5 Å². The largest absolute Gasteiger partial charge is 0.492 e. The minimum atomic E-state index is -0.459. The summed E-state index contributed by atoms with van der Waals surface area (Å²) in [7, 11) is 4.00. The van der Waals surface area contributed by atoms with E-state index in [9.17, 15) is 4.39 Å². The quantitative estimate of drug-likeness (QED) is 0.414. The smallest absolute Gasteiger partial charge is 0.320 e. The number of imidazole rings is 1. The van der Waals surface area contributed by atoms with Crippen molar-refractivity contribution in [1.82, 2.24) is 29.4 Å². The topological polar surface area (TPSA) is 104 Å². The van der Waals surface area contributed by atoms with E-state index in [0.29, 0.717) is 42.3 Å². The summed E-state index contributed by atoms with van der Waals surface area (Å²) in [5, 5.41) is 0. The Morgan fingerprint density at radius 1 is 1.06 bits per heavy atom. The van der Waals surface area contributed by atoms with Crippen LogP contribution in [0.15, 0.2) is 42.7 Å². The lowest BCUT2D eigenvalue weighted by Crippen LogP contribution is -2.19. The summed E-state index contributed by atoms with van der Waals surface area (Å²) < 4.78 is 27.0. The Balaban J connectivity index is 1.72. The van der Waals surface area contributed by atoms with E-state index >= 15 is 0 Å². The molecule has 0 radical (unpaired) electrons. The summed E-state index contributed by atoms with van der Waals surface area (Å²) in [5.74, 6) is 1.01. The van der Waals surface area contributed by atoms with Gasteiger partial charge in [0, 0.05) is 18.3 Å². The van der Waals surface area contributed by atoms with Crippen LogP contribution in [-0.2, 0) is 6.54 Å². The zero-order valence-corrected chi connectivity index (χ0v) is 18.8. The van der Waals surface area contributed by atoms with E-state index in [-0.39, 0.29) is 11.8 Å². The molecule has 1 aromatic carbocycles. The molecule has 0 spiro atoms. The highest BCUT2D eigenvalue weighted by Gasteiger charge is 2.19. The van der Waals surface area contributed by atoms with E-state index < -0.39 is 5.82 Å². The van der Waals surface area contributed by atoms with Crippen LogP contribution in [0, 0.1) is 5.82 Å². The zero-order valence-electron chi connectivity index (χ0n) is 18.8. The molecule has 3 heterocycles. The normalized spacial score (nSPS) is 11.3. The molecule has 33 heavy (non-hydrogen) atoms. The van der Waals surface area contributed by atoms with E-state index in [1.54, 1.807) is 6.20 Å². The number of hydrogen-bond acceptors (Lipinski definition) is 8. The van der Waals surface area contributed by atoms with E-state index in [0.717, 1.165) is 24.1 Å². The highest BCUT2D eigenvalue weighted by Crippen LogP contribution is 2.29. The van der Waals surface area contributed by atoms with Gasteiger partial charge in [-0.15, -0.1) is 0 Å². The van der Waals surface area contributed by atoms with Crippen molar-refractivity contribution in [2.75, 3.05) is 39.6 Å². The van der Waals surface area contributed by atoms with Crippen LogP contribution in [0.4, 0.5) is 10.2 Å². The van der Waals surface area contributed by atoms with E-state index in [1.165, 1.54) is 6.07 Å². The number of aromatic nitrogens is 5. The van der Waals surface area contributed by atoms with Gasteiger partial charge in [-0.25, -0.2) is 9.37 Å². The maximum Gasteiger partial charge on any atom is 0.320 e. The summed E-state index contributed by atoms with van der Waals surface area (Å²) in [6.45, 7) is 4.09. The number of rotatable bonds is 9. The average Bonchev–Trinajstić information content (AvgIpc) is 3.14. The number of nitrogens with two attached hydrogens (primary N) is 1. The number of hydrogen-bond donors (Lipinski definition) is 1. The van der Waals surface area contributed by atoms with Crippen molar-refractivity contribution in [3.63, 3.8) is 0 Å². The first-order valence-electron chi connectivity index (χ1n) is 10.6. The molecule has 0 aliphatic heterocycles. The number of halogens is 1. The number of ether oxygens (including phenoxy) is 2. The fourth-order valence-corrected chi connectivity index (χ4v) is 3.32. The number of likely N-dealkylation sites (N-methyl/N-ethyl adjacent to an activating group) is 1. The molecule has 0 atom stereocenters. The van der Waals surface area contributed by atoms with Crippen LogP contribution in [0.3, 0.4) is 0 Å². The first-order chi connectivity index (χ1) is 15.9. The number of nitrogens with zero attached hydrogens (tertiary/aromatic N) is 6. The maximum atomic E-state index is 13.9. The molecule has 0 amide bonds. The average molecular weight is 452 g/mol. The number of nitrogen functional groups attached to an aromatic ring is 1. The molecule has 0 bridgehead atoms. The van der Waals surface area contributed by atoms with Crippen LogP contribution in [0.5, 0.6) is 11.8 Å². The van der Waals surface area contributed by atoms with E-state index in [4.69, 9.17) is 15.2 Å². The lowest BCUT2D eigenvalue weighted by atomic mass is 10.2. The van der Waals surface area contributed by atoms with Crippen molar-refractivity contribution < 1.29 is 13.9 Å². The fraction of sp³-hybridized carbons (Fsp3) is 0.304. The van der Waals surface area contributed by atoms with Gasteiger partial charge in [0.15, 0.2) is 17.0 Å². The van der Waals surface area contributed by atoms with E-state index in [1.807, 2.05) is 49.9 Å². The Labute approximate surface area is 191 Å².